The minimum atomic E-state index is 0.947. The number of nitrogens with zero attached hydrogens (tertiary/aromatic N) is 4. The van der Waals surface area contributed by atoms with Gasteiger partial charge in [0.15, 0.2) is 0 Å². The maximum Gasteiger partial charge on any atom is 0.0934 e. The van der Waals surface area contributed by atoms with E-state index in [9.17, 15) is 0 Å². The van der Waals surface area contributed by atoms with E-state index in [2.05, 4.69) is 133 Å². The molecule has 0 aliphatic rings. The van der Waals surface area contributed by atoms with Gasteiger partial charge in [0.2, 0.25) is 0 Å². The maximum absolute atomic E-state index is 5.04. The Labute approximate surface area is 268 Å². The van der Waals surface area contributed by atoms with Gasteiger partial charge in [0.05, 0.1) is 34.2 Å². The fraction of sp³-hybridized carbons (Fsp3) is 0. The van der Waals surface area contributed by atoms with Gasteiger partial charge < -0.3 is 0 Å². The molecule has 2 heterocycles. The van der Waals surface area contributed by atoms with Gasteiger partial charge in [-0.25, -0.2) is 9.36 Å². The second-order valence-electron chi connectivity index (χ2n) is 11.2. The van der Waals surface area contributed by atoms with E-state index in [1.165, 1.54) is 0 Å². The Morgan fingerprint density at radius 3 is 0.913 bits per heavy atom. The second-order valence-corrected chi connectivity index (χ2v) is 11.2. The zero-order valence-corrected chi connectivity index (χ0v) is 25.1. The first-order chi connectivity index (χ1) is 22.8. The second kappa shape index (κ2) is 12.0. The van der Waals surface area contributed by atoms with Crippen LogP contribution in [-0.2, 0) is 0 Å². The normalized spacial score (nSPS) is 11.0. The van der Waals surface area contributed by atoms with E-state index in [0.717, 1.165) is 67.5 Å². The van der Waals surface area contributed by atoms with E-state index in [0.29, 0.717) is 0 Å². The van der Waals surface area contributed by atoms with Gasteiger partial charge in [-0.3, -0.25) is 0 Å². The zero-order chi connectivity index (χ0) is 30.7. The van der Waals surface area contributed by atoms with Gasteiger partial charge in [-0.2, -0.15) is 10.2 Å². The van der Waals surface area contributed by atoms with Crippen molar-refractivity contribution < 1.29 is 0 Å². The molecule has 4 nitrogen and oxygen atoms in total. The summed E-state index contributed by atoms with van der Waals surface area (Å²) in [5, 5.41) is 10.1. The summed E-state index contributed by atoms with van der Waals surface area (Å²) in [6, 6.07) is 63.1. The Morgan fingerprint density at radius 1 is 0.283 bits per heavy atom. The lowest BCUT2D eigenvalue weighted by molar-refractivity contribution is 0.891. The fourth-order valence-electron chi connectivity index (χ4n) is 5.88. The monoisotopic (exact) mass is 590 g/mol. The fourth-order valence-corrected chi connectivity index (χ4v) is 5.88. The topological polar surface area (TPSA) is 35.6 Å². The molecule has 0 radical (unpaired) electrons. The molecule has 6 aromatic carbocycles. The van der Waals surface area contributed by atoms with Gasteiger partial charge in [0.25, 0.3) is 0 Å². The highest BCUT2D eigenvalue weighted by Crippen LogP contribution is 2.32. The van der Waals surface area contributed by atoms with Crippen molar-refractivity contribution in [3.05, 3.63) is 182 Å². The average molecular weight is 591 g/mol. The molecule has 218 valence electrons. The third-order valence-electron chi connectivity index (χ3n) is 8.25. The van der Waals surface area contributed by atoms with Crippen molar-refractivity contribution in [2.45, 2.75) is 0 Å². The standard InChI is InChI=1S/C42H30N4/c1-5-13-33(14-6-1)39-29-41(35-17-9-3-10-18-35)45(43-39)37-25-21-31(22-26-37)32-23-27-38(28-24-32)46-42(36-19-11-4-12-20-36)30-40(44-46)34-15-7-2-8-16-34/h1-30H. The van der Waals surface area contributed by atoms with E-state index >= 15 is 0 Å². The van der Waals surface area contributed by atoms with E-state index < -0.39 is 0 Å². The van der Waals surface area contributed by atoms with Crippen molar-refractivity contribution in [3.8, 4) is 67.5 Å². The summed E-state index contributed by atoms with van der Waals surface area (Å²) in [7, 11) is 0. The highest BCUT2D eigenvalue weighted by Gasteiger charge is 2.15. The van der Waals surface area contributed by atoms with Crippen LogP contribution < -0.4 is 0 Å². The molecular formula is C42H30N4. The van der Waals surface area contributed by atoms with Gasteiger partial charge in [0.1, 0.15) is 0 Å². The Balaban J connectivity index is 1.12. The maximum atomic E-state index is 5.04. The van der Waals surface area contributed by atoms with Crippen LogP contribution in [0.5, 0.6) is 0 Å². The molecule has 0 aliphatic carbocycles. The summed E-state index contributed by atoms with van der Waals surface area (Å²) < 4.78 is 4.08. The first-order valence-corrected chi connectivity index (χ1v) is 15.4. The number of aromatic nitrogens is 4. The molecule has 0 saturated carbocycles. The minimum Gasteiger partial charge on any atom is -0.232 e. The first-order valence-electron chi connectivity index (χ1n) is 15.4. The van der Waals surface area contributed by atoms with Crippen LogP contribution in [0.3, 0.4) is 0 Å². The molecule has 46 heavy (non-hydrogen) atoms. The van der Waals surface area contributed by atoms with Gasteiger partial charge >= 0.3 is 0 Å². The molecule has 0 aliphatic heterocycles. The van der Waals surface area contributed by atoms with Crippen molar-refractivity contribution in [1.29, 1.82) is 0 Å². The smallest absolute Gasteiger partial charge is 0.0934 e. The molecular weight excluding hydrogens is 560 g/mol. The lowest BCUT2D eigenvalue weighted by Gasteiger charge is -2.11. The van der Waals surface area contributed by atoms with Crippen molar-refractivity contribution in [2.75, 3.05) is 0 Å². The molecule has 0 amide bonds. The SMILES string of the molecule is c1ccc(-c2cc(-c3ccccc3)n(-c3ccc(-c4ccc(-n5nc(-c6ccccc6)cc5-c5ccccc5)cc4)cc3)n2)cc1. The van der Waals surface area contributed by atoms with Crippen LogP contribution in [0.1, 0.15) is 0 Å². The van der Waals surface area contributed by atoms with Crippen LogP contribution >= 0.6 is 0 Å². The summed E-state index contributed by atoms with van der Waals surface area (Å²) in [5.74, 6) is 0. The summed E-state index contributed by atoms with van der Waals surface area (Å²) in [6.45, 7) is 0. The van der Waals surface area contributed by atoms with Crippen molar-refractivity contribution >= 4 is 0 Å². The van der Waals surface area contributed by atoms with E-state index in [4.69, 9.17) is 10.2 Å². The number of hydrogen-bond acceptors (Lipinski definition) is 2. The minimum absolute atomic E-state index is 0.947. The Hall–Kier alpha value is -6.26. The molecule has 0 saturated heterocycles. The molecule has 8 aromatic rings. The third-order valence-corrected chi connectivity index (χ3v) is 8.25. The zero-order valence-electron chi connectivity index (χ0n) is 25.1. The van der Waals surface area contributed by atoms with Gasteiger partial charge in [-0.15, -0.1) is 0 Å². The van der Waals surface area contributed by atoms with Gasteiger partial charge in [-0.1, -0.05) is 146 Å². The highest BCUT2D eigenvalue weighted by atomic mass is 15.3. The summed E-state index contributed by atoms with van der Waals surface area (Å²) in [6.07, 6.45) is 0. The Morgan fingerprint density at radius 2 is 0.587 bits per heavy atom. The predicted octanol–water partition coefficient (Wildman–Crippen LogP) is 10.4. The van der Waals surface area contributed by atoms with Crippen LogP contribution in [0.4, 0.5) is 0 Å². The Kier molecular flexibility index (Phi) is 7.14. The van der Waals surface area contributed by atoms with Crippen LogP contribution in [0.2, 0.25) is 0 Å². The summed E-state index contributed by atoms with van der Waals surface area (Å²) >= 11 is 0. The predicted molar refractivity (Wildman–Crippen MR) is 188 cm³/mol. The first kappa shape index (κ1) is 27.3. The van der Waals surface area contributed by atoms with Crippen LogP contribution in [0.25, 0.3) is 67.5 Å². The Bertz CT molecular complexity index is 2040. The molecule has 0 bridgehead atoms. The lowest BCUT2D eigenvalue weighted by atomic mass is 10.0. The van der Waals surface area contributed by atoms with Crippen molar-refractivity contribution in [1.82, 2.24) is 19.6 Å². The third kappa shape index (κ3) is 5.33. The number of benzene rings is 6. The average Bonchev–Trinajstić information content (AvgIpc) is 3.80. The molecule has 8 rings (SSSR count). The molecule has 0 spiro atoms. The quantitative estimate of drug-likeness (QED) is 0.185. The highest BCUT2D eigenvalue weighted by molar-refractivity contribution is 5.73. The summed E-state index contributed by atoms with van der Waals surface area (Å²) in [4.78, 5) is 0. The van der Waals surface area contributed by atoms with Crippen LogP contribution in [0, 0.1) is 0 Å². The molecule has 2 aromatic heterocycles. The van der Waals surface area contributed by atoms with Crippen molar-refractivity contribution in [2.24, 2.45) is 0 Å². The molecule has 0 fully saturated rings. The summed E-state index contributed by atoms with van der Waals surface area (Å²) in [5.41, 5.74) is 12.8. The van der Waals surface area contributed by atoms with Gasteiger partial charge in [0, 0.05) is 22.3 Å². The molecule has 0 unspecified atom stereocenters. The van der Waals surface area contributed by atoms with E-state index in [1.807, 2.05) is 57.9 Å². The van der Waals surface area contributed by atoms with E-state index in [1.54, 1.807) is 0 Å². The van der Waals surface area contributed by atoms with E-state index in [-0.39, 0.29) is 0 Å². The van der Waals surface area contributed by atoms with Crippen LogP contribution in [0.15, 0.2) is 182 Å². The molecule has 4 heteroatoms. The largest absolute Gasteiger partial charge is 0.232 e. The number of hydrogen-bond donors (Lipinski definition) is 0. The molecule has 0 atom stereocenters. The van der Waals surface area contributed by atoms with Crippen molar-refractivity contribution in [3.63, 3.8) is 0 Å². The molecule has 0 N–H and O–H groups in total. The van der Waals surface area contributed by atoms with Crippen LogP contribution in [-0.4, -0.2) is 19.6 Å². The lowest BCUT2D eigenvalue weighted by Crippen LogP contribution is -2.00. The number of rotatable bonds is 7. The van der Waals surface area contributed by atoms with Gasteiger partial charge in [-0.05, 0) is 47.5 Å².